The minimum Gasteiger partial charge on any atom is -0.378 e. The molecule has 3 heterocycles. The van der Waals surface area contributed by atoms with Crippen molar-refractivity contribution >= 4 is 26.8 Å². The lowest BCUT2D eigenvalue weighted by molar-refractivity contribution is 0.122. The van der Waals surface area contributed by atoms with E-state index in [4.69, 9.17) is 4.74 Å². The Morgan fingerprint density at radius 1 is 1.33 bits per heavy atom. The lowest BCUT2D eigenvalue weighted by Crippen LogP contribution is -2.36. The number of pyridine rings is 1. The quantitative estimate of drug-likeness (QED) is 0.732. The molecule has 2 aromatic heterocycles. The molecular weight excluding hydrogens is 210 g/mol. The summed E-state index contributed by atoms with van der Waals surface area (Å²) >= 11 is 1.70. The molecule has 1 aliphatic heterocycles. The van der Waals surface area contributed by atoms with Crippen molar-refractivity contribution in [3.05, 3.63) is 18.3 Å². The predicted molar refractivity (Wildman–Crippen MR) is 60.4 cm³/mol. The number of nitrogens with zero attached hydrogens (tertiary/aromatic N) is 3. The second-order valence-electron chi connectivity index (χ2n) is 3.42. The zero-order chi connectivity index (χ0) is 10.1. The largest absolute Gasteiger partial charge is 0.378 e. The van der Waals surface area contributed by atoms with Crippen LogP contribution in [0, 0.1) is 0 Å². The Morgan fingerprint density at radius 3 is 3.00 bits per heavy atom. The van der Waals surface area contributed by atoms with Gasteiger partial charge in [-0.1, -0.05) is 11.3 Å². The molecule has 0 N–H and O–H groups in total. The molecule has 0 amide bonds. The molecule has 0 bridgehead atoms. The maximum Gasteiger partial charge on any atom is 0.188 e. The number of ether oxygens (including phenoxy) is 1. The zero-order valence-electron chi connectivity index (χ0n) is 8.22. The van der Waals surface area contributed by atoms with Gasteiger partial charge in [0.25, 0.3) is 0 Å². The van der Waals surface area contributed by atoms with Crippen molar-refractivity contribution in [2.45, 2.75) is 0 Å². The van der Waals surface area contributed by atoms with Crippen LogP contribution in [-0.4, -0.2) is 36.3 Å². The summed E-state index contributed by atoms with van der Waals surface area (Å²) in [7, 11) is 0. The molecule has 3 rings (SSSR count). The third-order valence-electron chi connectivity index (χ3n) is 2.44. The molecule has 0 unspecified atom stereocenters. The topological polar surface area (TPSA) is 38.2 Å². The summed E-state index contributed by atoms with van der Waals surface area (Å²) in [5, 5.41) is 1.06. The fourth-order valence-corrected chi connectivity index (χ4v) is 2.62. The standard InChI is InChI=1S/C10H11N3OS/c1-2-8-9(11-3-1)12-10(15-8)13-4-6-14-7-5-13/h1-3H,4-7H2. The molecule has 0 spiro atoms. The maximum atomic E-state index is 5.31. The van der Waals surface area contributed by atoms with Crippen LogP contribution in [0.2, 0.25) is 0 Å². The molecule has 1 aliphatic rings. The van der Waals surface area contributed by atoms with Crippen molar-refractivity contribution in [2.75, 3.05) is 31.2 Å². The van der Waals surface area contributed by atoms with Crippen LogP contribution >= 0.6 is 11.3 Å². The SMILES string of the molecule is c1cnc2nc(N3CCOCC3)sc2c1. The number of aromatic nitrogens is 2. The highest BCUT2D eigenvalue weighted by Crippen LogP contribution is 2.27. The van der Waals surface area contributed by atoms with Crippen LogP contribution in [0.1, 0.15) is 0 Å². The molecular formula is C10H11N3OS. The van der Waals surface area contributed by atoms with E-state index in [9.17, 15) is 0 Å². The van der Waals surface area contributed by atoms with Gasteiger partial charge in [0.05, 0.1) is 17.9 Å². The average molecular weight is 221 g/mol. The van der Waals surface area contributed by atoms with Gasteiger partial charge in [-0.05, 0) is 12.1 Å². The number of thiazole rings is 1. The summed E-state index contributed by atoms with van der Waals surface area (Å²) < 4.78 is 6.47. The van der Waals surface area contributed by atoms with Gasteiger partial charge in [-0.2, -0.15) is 4.98 Å². The van der Waals surface area contributed by atoms with Gasteiger partial charge in [-0.3, -0.25) is 0 Å². The third-order valence-corrected chi connectivity index (χ3v) is 3.51. The average Bonchev–Trinajstić information content (AvgIpc) is 2.74. The van der Waals surface area contributed by atoms with Gasteiger partial charge in [0.2, 0.25) is 0 Å². The Morgan fingerprint density at radius 2 is 2.20 bits per heavy atom. The Balaban J connectivity index is 1.96. The van der Waals surface area contributed by atoms with Gasteiger partial charge >= 0.3 is 0 Å². The van der Waals surface area contributed by atoms with Crippen LogP contribution < -0.4 is 4.90 Å². The Kier molecular flexibility index (Phi) is 2.26. The minimum absolute atomic E-state index is 0.795. The van der Waals surface area contributed by atoms with Crippen molar-refractivity contribution in [1.29, 1.82) is 0 Å². The fraction of sp³-hybridized carbons (Fsp3) is 0.400. The molecule has 0 aliphatic carbocycles. The summed E-state index contributed by atoms with van der Waals surface area (Å²) in [6, 6.07) is 4.01. The summed E-state index contributed by atoms with van der Waals surface area (Å²) in [5.74, 6) is 0. The smallest absolute Gasteiger partial charge is 0.188 e. The molecule has 0 saturated carbocycles. The van der Waals surface area contributed by atoms with E-state index in [0.29, 0.717) is 0 Å². The van der Waals surface area contributed by atoms with E-state index in [1.165, 1.54) is 0 Å². The first-order valence-corrected chi connectivity index (χ1v) is 5.79. The van der Waals surface area contributed by atoms with Crippen molar-refractivity contribution in [3.8, 4) is 0 Å². The second-order valence-corrected chi connectivity index (χ2v) is 4.43. The lowest BCUT2D eigenvalue weighted by atomic mass is 10.4. The Bertz CT molecular complexity index is 431. The Labute approximate surface area is 91.5 Å². The monoisotopic (exact) mass is 221 g/mol. The van der Waals surface area contributed by atoms with Crippen LogP contribution in [0.4, 0.5) is 5.13 Å². The molecule has 2 aromatic rings. The van der Waals surface area contributed by atoms with Crippen molar-refractivity contribution in [3.63, 3.8) is 0 Å². The van der Waals surface area contributed by atoms with Gasteiger partial charge < -0.3 is 9.64 Å². The van der Waals surface area contributed by atoms with E-state index >= 15 is 0 Å². The molecule has 0 aromatic carbocycles. The van der Waals surface area contributed by atoms with E-state index in [-0.39, 0.29) is 0 Å². The summed E-state index contributed by atoms with van der Waals surface area (Å²) in [4.78, 5) is 11.0. The molecule has 1 saturated heterocycles. The highest BCUT2D eigenvalue weighted by Gasteiger charge is 2.15. The molecule has 15 heavy (non-hydrogen) atoms. The second kappa shape index (κ2) is 3.75. The normalized spacial score (nSPS) is 17.2. The molecule has 0 radical (unpaired) electrons. The number of morpholine rings is 1. The van der Waals surface area contributed by atoms with Gasteiger partial charge in [0.1, 0.15) is 0 Å². The molecule has 1 fully saturated rings. The molecule has 78 valence electrons. The minimum atomic E-state index is 0.795. The lowest BCUT2D eigenvalue weighted by Gasteiger charge is -2.25. The van der Waals surface area contributed by atoms with E-state index in [2.05, 4.69) is 20.9 Å². The van der Waals surface area contributed by atoms with Gasteiger partial charge in [-0.25, -0.2) is 4.98 Å². The van der Waals surface area contributed by atoms with Crippen molar-refractivity contribution < 1.29 is 4.74 Å². The van der Waals surface area contributed by atoms with Crippen LogP contribution in [0.5, 0.6) is 0 Å². The summed E-state index contributed by atoms with van der Waals surface area (Å²) in [5.41, 5.74) is 0.851. The number of fused-ring (bicyclic) bond motifs is 1. The highest BCUT2D eigenvalue weighted by molar-refractivity contribution is 7.22. The molecule has 4 nitrogen and oxygen atoms in total. The van der Waals surface area contributed by atoms with Crippen LogP contribution in [0.25, 0.3) is 10.3 Å². The Hall–Kier alpha value is -1.20. The number of rotatable bonds is 1. The van der Waals surface area contributed by atoms with E-state index in [0.717, 1.165) is 41.8 Å². The number of hydrogen-bond acceptors (Lipinski definition) is 5. The van der Waals surface area contributed by atoms with Gasteiger partial charge in [0.15, 0.2) is 10.8 Å². The third kappa shape index (κ3) is 1.68. The predicted octanol–water partition coefficient (Wildman–Crippen LogP) is 1.53. The fourth-order valence-electron chi connectivity index (χ4n) is 1.65. The summed E-state index contributed by atoms with van der Waals surface area (Å²) in [6.07, 6.45) is 1.78. The van der Waals surface area contributed by atoms with Crippen LogP contribution in [-0.2, 0) is 4.74 Å². The van der Waals surface area contributed by atoms with Gasteiger partial charge in [0, 0.05) is 19.3 Å². The van der Waals surface area contributed by atoms with E-state index in [1.54, 1.807) is 17.5 Å². The number of hydrogen-bond donors (Lipinski definition) is 0. The molecule has 0 atom stereocenters. The van der Waals surface area contributed by atoms with Crippen molar-refractivity contribution in [1.82, 2.24) is 9.97 Å². The van der Waals surface area contributed by atoms with Crippen LogP contribution in [0.3, 0.4) is 0 Å². The zero-order valence-corrected chi connectivity index (χ0v) is 9.04. The van der Waals surface area contributed by atoms with Gasteiger partial charge in [-0.15, -0.1) is 0 Å². The first kappa shape index (κ1) is 9.06. The highest BCUT2D eigenvalue weighted by atomic mass is 32.1. The summed E-state index contributed by atoms with van der Waals surface area (Å²) in [6.45, 7) is 3.45. The van der Waals surface area contributed by atoms with Crippen LogP contribution in [0.15, 0.2) is 18.3 Å². The first-order valence-electron chi connectivity index (χ1n) is 4.98. The van der Waals surface area contributed by atoms with E-state index < -0.39 is 0 Å². The van der Waals surface area contributed by atoms with Crippen molar-refractivity contribution in [2.24, 2.45) is 0 Å². The number of anilines is 1. The molecule has 5 heteroatoms. The first-order chi connectivity index (χ1) is 7.43. The maximum absolute atomic E-state index is 5.31. The van der Waals surface area contributed by atoms with E-state index in [1.807, 2.05) is 6.07 Å².